The lowest BCUT2D eigenvalue weighted by Crippen LogP contribution is -2.30. The molecule has 0 aromatic heterocycles. The first kappa shape index (κ1) is 16.9. The maximum Gasteiger partial charge on any atom is 0.508 e. The van der Waals surface area contributed by atoms with Crippen LogP contribution in [-0.2, 0) is 9.47 Å². The summed E-state index contributed by atoms with van der Waals surface area (Å²) in [6, 6.07) is 19.8. The summed E-state index contributed by atoms with van der Waals surface area (Å²) in [4.78, 5) is 13.9. The smallest absolute Gasteiger partial charge is 0.435 e. The van der Waals surface area contributed by atoms with E-state index in [4.69, 9.17) is 9.47 Å². The van der Waals surface area contributed by atoms with Gasteiger partial charge in [0.1, 0.15) is 6.10 Å². The second-order valence-corrected chi connectivity index (χ2v) is 5.07. The van der Waals surface area contributed by atoms with Gasteiger partial charge in [0, 0.05) is 12.2 Å². The van der Waals surface area contributed by atoms with Gasteiger partial charge in [-0.15, -0.1) is 0 Å². The molecule has 23 heavy (non-hydrogen) atoms. The minimum absolute atomic E-state index is 0.302. The van der Waals surface area contributed by atoms with Crippen LogP contribution in [0.3, 0.4) is 0 Å². The van der Waals surface area contributed by atoms with Crippen molar-refractivity contribution in [2.75, 3.05) is 24.6 Å². The Balaban J connectivity index is 2.17. The Morgan fingerprint density at radius 1 is 1.00 bits per heavy atom. The highest BCUT2D eigenvalue weighted by Gasteiger charge is 2.20. The zero-order chi connectivity index (χ0) is 16.5. The van der Waals surface area contributed by atoms with Gasteiger partial charge in [-0.1, -0.05) is 48.5 Å². The predicted molar refractivity (Wildman–Crippen MR) is 91.6 cm³/mol. The van der Waals surface area contributed by atoms with Crippen LogP contribution >= 0.6 is 0 Å². The van der Waals surface area contributed by atoms with Gasteiger partial charge in [0.2, 0.25) is 0 Å². The fourth-order valence-electron chi connectivity index (χ4n) is 2.40. The number of ether oxygens (including phenoxy) is 2. The Morgan fingerprint density at radius 3 is 2.17 bits per heavy atom. The highest BCUT2D eigenvalue weighted by Crippen LogP contribution is 2.23. The Kier molecular flexibility index (Phi) is 6.48. The zero-order valence-electron chi connectivity index (χ0n) is 13.6. The van der Waals surface area contributed by atoms with E-state index >= 15 is 0 Å². The number of anilines is 1. The molecule has 0 fully saturated rings. The second-order valence-electron chi connectivity index (χ2n) is 5.07. The molecule has 2 aromatic rings. The summed E-state index contributed by atoms with van der Waals surface area (Å²) in [5, 5.41) is 0. The molecule has 4 heteroatoms. The number of carbonyl (C=O) groups excluding carboxylic acids is 1. The quantitative estimate of drug-likeness (QED) is 0.709. The van der Waals surface area contributed by atoms with Gasteiger partial charge in [0.25, 0.3) is 0 Å². The molecule has 0 aliphatic rings. The van der Waals surface area contributed by atoms with Crippen molar-refractivity contribution in [3.8, 4) is 0 Å². The first-order valence-electron chi connectivity index (χ1n) is 7.93. The van der Waals surface area contributed by atoms with Gasteiger partial charge in [-0.3, -0.25) is 0 Å². The van der Waals surface area contributed by atoms with E-state index in [0.717, 1.165) is 17.8 Å². The lowest BCUT2D eigenvalue weighted by Gasteiger charge is -2.28. The van der Waals surface area contributed by atoms with Crippen LogP contribution in [0.5, 0.6) is 0 Å². The van der Waals surface area contributed by atoms with Crippen LogP contribution in [0.1, 0.15) is 25.5 Å². The van der Waals surface area contributed by atoms with E-state index in [2.05, 4.69) is 24.0 Å². The summed E-state index contributed by atoms with van der Waals surface area (Å²) in [6.45, 7) is 5.54. The average molecular weight is 313 g/mol. The number of likely N-dealkylation sites (N-methyl/N-ethyl adjacent to an activating group) is 1. The largest absolute Gasteiger partial charge is 0.508 e. The monoisotopic (exact) mass is 313 g/mol. The Labute approximate surface area is 137 Å². The van der Waals surface area contributed by atoms with Crippen LogP contribution in [0, 0.1) is 0 Å². The van der Waals surface area contributed by atoms with E-state index < -0.39 is 6.16 Å². The van der Waals surface area contributed by atoms with Crippen molar-refractivity contribution < 1.29 is 14.3 Å². The number of hydrogen-bond donors (Lipinski definition) is 0. The normalized spacial score (nSPS) is 11.6. The van der Waals surface area contributed by atoms with E-state index in [0.29, 0.717) is 13.2 Å². The van der Waals surface area contributed by atoms with Gasteiger partial charge in [-0.05, 0) is 31.5 Å². The molecule has 0 spiro atoms. The van der Waals surface area contributed by atoms with Crippen LogP contribution in [0.4, 0.5) is 10.5 Å². The van der Waals surface area contributed by atoms with Crippen LogP contribution in [-0.4, -0.2) is 25.9 Å². The summed E-state index contributed by atoms with van der Waals surface area (Å²) in [7, 11) is 0. The third-order valence-corrected chi connectivity index (χ3v) is 3.56. The minimum Gasteiger partial charge on any atom is -0.435 e. The lowest BCUT2D eigenvalue weighted by molar-refractivity contribution is 0.0279. The number of nitrogens with zero attached hydrogens (tertiary/aromatic N) is 1. The molecule has 0 aliphatic heterocycles. The fraction of sp³-hybridized carbons (Fsp3) is 0.316. The number of carbonyl (C=O) groups is 1. The molecule has 0 amide bonds. The second kappa shape index (κ2) is 8.83. The molecular weight excluding hydrogens is 290 g/mol. The van der Waals surface area contributed by atoms with E-state index in [9.17, 15) is 4.79 Å². The first-order valence-corrected chi connectivity index (χ1v) is 7.93. The Bertz CT molecular complexity index is 586. The summed E-state index contributed by atoms with van der Waals surface area (Å²) < 4.78 is 10.5. The van der Waals surface area contributed by atoms with Crippen LogP contribution in [0.15, 0.2) is 60.7 Å². The van der Waals surface area contributed by atoms with Gasteiger partial charge in [-0.2, -0.15) is 0 Å². The van der Waals surface area contributed by atoms with E-state index in [1.807, 2.05) is 48.5 Å². The molecule has 0 heterocycles. The number of benzene rings is 2. The maximum atomic E-state index is 11.8. The summed E-state index contributed by atoms with van der Waals surface area (Å²) in [5.41, 5.74) is 2.05. The molecule has 4 nitrogen and oxygen atoms in total. The first-order chi connectivity index (χ1) is 11.2. The topological polar surface area (TPSA) is 38.8 Å². The third kappa shape index (κ3) is 5.02. The maximum absolute atomic E-state index is 11.8. The average Bonchev–Trinajstić information content (AvgIpc) is 2.60. The van der Waals surface area contributed by atoms with Crippen molar-refractivity contribution in [3.05, 3.63) is 66.2 Å². The molecule has 0 saturated heterocycles. The highest BCUT2D eigenvalue weighted by molar-refractivity contribution is 5.60. The van der Waals surface area contributed by atoms with E-state index in [-0.39, 0.29) is 6.10 Å². The minimum atomic E-state index is -0.634. The highest BCUT2D eigenvalue weighted by atomic mass is 16.7. The van der Waals surface area contributed by atoms with Crippen molar-refractivity contribution in [1.29, 1.82) is 0 Å². The number of para-hydroxylation sites is 1. The van der Waals surface area contributed by atoms with Crippen molar-refractivity contribution in [1.82, 2.24) is 0 Å². The van der Waals surface area contributed by atoms with Crippen molar-refractivity contribution in [2.24, 2.45) is 0 Å². The van der Waals surface area contributed by atoms with Gasteiger partial charge in [-0.25, -0.2) is 4.79 Å². The Morgan fingerprint density at radius 2 is 1.61 bits per heavy atom. The molecule has 0 saturated carbocycles. The predicted octanol–water partition coefficient (Wildman–Crippen LogP) is 4.43. The fourth-order valence-corrected chi connectivity index (χ4v) is 2.40. The van der Waals surface area contributed by atoms with Crippen molar-refractivity contribution in [3.63, 3.8) is 0 Å². The molecule has 1 unspecified atom stereocenters. The van der Waals surface area contributed by atoms with Gasteiger partial charge < -0.3 is 14.4 Å². The molecular formula is C19H23NO3. The molecule has 0 bridgehead atoms. The SMILES string of the molecule is CCOC(=O)OC(CN(CC)c1ccccc1)c1ccccc1. The van der Waals surface area contributed by atoms with Crippen LogP contribution < -0.4 is 4.90 Å². The van der Waals surface area contributed by atoms with Crippen molar-refractivity contribution in [2.45, 2.75) is 20.0 Å². The Hall–Kier alpha value is -2.49. The van der Waals surface area contributed by atoms with E-state index in [1.54, 1.807) is 6.92 Å². The lowest BCUT2D eigenvalue weighted by atomic mass is 10.1. The third-order valence-electron chi connectivity index (χ3n) is 3.56. The van der Waals surface area contributed by atoms with Gasteiger partial charge in [0.05, 0.1) is 13.2 Å². The van der Waals surface area contributed by atoms with E-state index in [1.165, 1.54) is 0 Å². The molecule has 2 rings (SSSR count). The summed E-state index contributed by atoms with van der Waals surface area (Å²) in [6.07, 6.45) is -1.01. The molecule has 0 radical (unpaired) electrons. The van der Waals surface area contributed by atoms with Crippen LogP contribution in [0.2, 0.25) is 0 Å². The molecule has 1 atom stereocenters. The standard InChI is InChI=1S/C19H23NO3/c1-3-20(17-13-9-6-10-14-17)15-18(23-19(21)22-4-2)16-11-7-5-8-12-16/h5-14,18H,3-4,15H2,1-2H3. The van der Waals surface area contributed by atoms with Gasteiger partial charge >= 0.3 is 6.16 Å². The summed E-state index contributed by atoms with van der Waals surface area (Å²) >= 11 is 0. The molecule has 0 N–H and O–H groups in total. The van der Waals surface area contributed by atoms with Crippen LogP contribution in [0.25, 0.3) is 0 Å². The summed E-state index contributed by atoms with van der Waals surface area (Å²) in [5.74, 6) is 0. The number of rotatable bonds is 7. The van der Waals surface area contributed by atoms with Gasteiger partial charge in [0.15, 0.2) is 0 Å². The van der Waals surface area contributed by atoms with Crippen molar-refractivity contribution >= 4 is 11.8 Å². The number of hydrogen-bond acceptors (Lipinski definition) is 4. The molecule has 2 aromatic carbocycles. The zero-order valence-corrected chi connectivity index (χ0v) is 13.6. The molecule has 0 aliphatic carbocycles. The molecule has 122 valence electrons.